The molecule has 0 radical (unpaired) electrons. The molecule has 5 nitrogen and oxygen atoms in total. The zero-order chi connectivity index (χ0) is 22.8. The first-order valence-electron chi connectivity index (χ1n) is 10.9. The highest BCUT2D eigenvalue weighted by Crippen LogP contribution is 2.31. The average molecular weight is 475 g/mol. The summed E-state index contributed by atoms with van der Waals surface area (Å²) >= 11 is 0. The Morgan fingerprint density at radius 1 is 1.15 bits per heavy atom. The van der Waals surface area contributed by atoms with Crippen LogP contribution in [0.1, 0.15) is 53.6 Å². The summed E-state index contributed by atoms with van der Waals surface area (Å²) in [5.41, 5.74) is 4.39. The minimum atomic E-state index is -0.863. The molecule has 33 heavy (non-hydrogen) atoms. The summed E-state index contributed by atoms with van der Waals surface area (Å²) in [7, 11) is 1.90. The molecule has 1 aliphatic heterocycles. The van der Waals surface area contributed by atoms with E-state index in [1.807, 2.05) is 36.0 Å². The zero-order valence-corrected chi connectivity index (χ0v) is 19.8. The summed E-state index contributed by atoms with van der Waals surface area (Å²) < 4.78 is 29.0. The van der Waals surface area contributed by atoms with Gasteiger partial charge in [-0.05, 0) is 60.3 Å². The van der Waals surface area contributed by atoms with Crippen molar-refractivity contribution in [3.8, 4) is 11.3 Å². The van der Waals surface area contributed by atoms with Crippen LogP contribution in [0.5, 0.6) is 0 Å². The maximum Gasteiger partial charge on any atom is 0.251 e. The number of aryl methyl sites for hydroxylation is 1. The predicted octanol–water partition coefficient (Wildman–Crippen LogP) is 4.79. The van der Waals surface area contributed by atoms with Gasteiger partial charge in [0.2, 0.25) is 0 Å². The van der Waals surface area contributed by atoms with Crippen LogP contribution in [0.3, 0.4) is 0 Å². The quantitative estimate of drug-likeness (QED) is 0.559. The number of benzene rings is 2. The first-order valence-corrected chi connectivity index (χ1v) is 10.9. The fourth-order valence-corrected chi connectivity index (χ4v) is 4.46. The molecule has 1 amide bonds. The molecule has 2 atom stereocenters. The zero-order valence-electron chi connectivity index (χ0n) is 18.9. The highest BCUT2D eigenvalue weighted by atomic mass is 35.5. The van der Waals surface area contributed by atoms with E-state index in [1.165, 1.54) is 6.07 Å². The van der Waals surface area contributed by atoms with Crippen LogP contribution in [0, 0.1) is 11.6 Å². The van der Waals surface area contributed by atoms with Gasteiger partial charge < -0.3 is 10.6 Å². The lowest BCUT2D eigenvalue weighted by Crippen LogP contribution is -2.50. The van der Waals surface area contributed by atoms with Crippen LogP contribution in [0.15, 0.2) is 48.7 Å². The number of hydrogen-bond donors (Lipinski definition) is 2. The molecule has 1 fully saturated rings. The molecule has 176 valence electrons. The molecule has 2 aromatic carbocycles. The molecular formula is C25H29ClF2N4O. The van der Waals surface area contributed by atoms with Crippen molar-refractivity contribution in [1.82, 2.24) is 20.4 Å². The Balaban J connectivity index is 0.00000306. The van der Waals surface area contributed by atoms with Crippen LogP contribution in [0.2, 0.25) is 0 Å². The first-order chi connectivity index (χ1) is 15.3. The second-order valence-corrected chi connectivity index (χ2v) is 8.65. The molecule has 2 N–H and O–H groups in total. The monoisotopic (exact) mass is 474 g/mol. The van der Waals surface area contributed by atoms with E-state index in [-0.39, 0.29) is 36.2 Å². The van der Waals surface area contributed by atoms with E-state index >= 15 is 0 Å². The topological polar surface area (TPSA) is 59.0 Å². The molecule has 0 aliphatic carbocycles. The summed E-state index contributed by atoms with van der Waals surface area (Å²) in [5.74, 6) is -1.77. The third kappa shape index (κ3) is 5.25. The molecule has 1 aliphatic rings. The van der Waals surface area contributed by atoms with Gasteiger partial charge >= 0.3 is 0 Å². The summed E-state index contributed by atoms with van der Waals surface area (Å²) in [5, 5.41) is 10.7. The van der Waals surface area contributed by atoms with Crippen molar-refractivity contribution in [1.29, 1.82) is 0 Å². The van der Waals surface area contributed by atoms with E-state index in [0.717, 1.165) is 35.9 Å². The van der Waals surface area contributed by atoms with Crippen LogP contribution >= 0.6 is 12.4 Å². The van der Waals surface area contributed by atoms with Gasteiger partial charge in [-0.25, -0.2) is 8.78 Å². The van der Waals surface area contributed by atoms with Gasteiger partial charge in [0, 0.05) is 42.9 Å². The number of aromatic nitrogens is 2. The van der Waals surface area contributed by atoms with Gasteiger partial charge in [-0.3, -0.25) is 9.48 Å². The number of rotatable bonds is 5. The van der Waals surface area contributed by atoms with Crippen LogP contribution in [-0.4, -0.2) is 34.8 Å². The highest BCUT2D eigenvalue weighted by molar-refractivity contribution is 5.95. The van der Waals surface area contributed by atoms with Crippen molar-refractivity contribution < 1.29 is 13.6 Å². The molecule has 0 saturated carbocycles. The van der Waals surface area contributed by atoms with E-state index in [1.54, 1.807) is 12.3 Å². The van der Waals surface area contributed by atoms with Crippen LogP contribution in [0.25, 0.3) is 11.3 Å². The number of carbonyl (C=O) groups excluding carboxylic acids is 1. The molecule has 2 heterocycles. The molecule has 0 bridgehead atoms. The van der Waals surface area contributed by atoms with Gasteiger partial charge in [0.05, 0.1) is 5.69 Å². The molecule has 3 aromatic rings. The lowest BCUT2D eigenvalue weighted by Gasteiger charge is -2.33. The third-order valence-electron chi connectivity index (χ3n) is 6.20. The molecule has 0 spiro atoms. The normalized spacial score (nSPS) is 18.1. The smallest absolute Gasteiger partial charge is 0.251 e. The summed E-state index contributed by atoms with van der Waals surface area (Å²) in [4.78, 5) is 13.2. The van der Waals surface area contributed by atoms with Crippen molar-refractivity contribution in [2.45, 2.75) is 38.1 Å². The Morgan fingerprint density at radius 2 is 1.94 bits per heavy atom. The Hall–Kier alpha value is -2.77. The van der Waals surface area contributed by atoms with Crippen molar-refractivity contribution in [2.75, 3.05) is 13.1 Å². The molecule has 0 unspecified atom stereocenters. The summed E-state index contributed by atoms with van der Waals surface area (Å²) in [6.07, 6.45) is 2.49. The summed E-state index contributed by atoms with van der Waals surface area (Å²) in [6.45, 7) is 5.52. The number of nitrogens with one attached hydrogen (secondary N) is 2. The van der Waals surface area contributed by atoms with Crippen molar-refractivity contribution >= 4 is 18.3 Å². The van der Waals surface area contributed by atoms with Gasteiger partial charge in [-0.15, -0.1) is 12.4 Å². The number of halogens is 3. The van der Waals surface area contributed by atoms with Crippen molar-refractivity contribution in [3.05, 3.63) is 77.0 Å². The van der Waals surface area contributed by atoms with E-state index in [2.05, 4.69) is 29.6 Å². The SMILES string of the molecule is CC(C)c1cc(C(=O)N[C@@H]2CNCC[C@H]2c2ccc(F)c(F)c2)ccc1-c1ccnn1C.Cl. The Bertz CT molecular complexity index is 1130. The Labute approximate surface area is 199 Å². The van der Waals surface area contributed by atoms with E-state index in [0.29, 0.717) is 17.7 Å². The number of amides is 1. The fourth-order valence-electron chi connectivity index (χ4n) is 4.46. The largest absolute Gasteiger partial charge is 0.347 e. The van der Waals surface area contributed by atoms with Crippen LogP contribution in [-0.2, 0) is 7.05 Å². The summed E-state index contributed by atoms with van der Waals surface area (Å²) in [6, 6.07) is 11.5. The number of hydrogen-bond acceptors (Lipinski definition) is 3. The molecular weight excluding hydrogens is 446 g/mol. The molecule has 1 aromatic heterocycles. The lowest BCUT2D eigenvalue weighted by molar-refractivity contribution is 0.0924. The highest BCUT2D eigenvalue weighted by Gasteiger charge is 2.29. The Morgan fingerprint density at radius 3 is 2.61 bits per heavy atom. The second-order valence-electron chi connectivity index (χ2n) is 8.65. The van der Waals surface area contributed by atoms with Gasteiger partial charge in [-0.2, -0.15) is 5.10 Å². The van der Waals surface area contributed by atoms with E-state index in [4.69, 9.17) is 0 Å². The van der Waals surface area contributed by atoms with E-state index < -0.39 is 11.6 Å². The molecule has 1 saturated heterocycles. The van der Waals surface area contributed by atoms with Crippen molar-refractivity contribution in [3.63, 3.8) is 0 Å². The second kappa shape index (κ2) is 10.4. The Kier molecular flexibility index (Phi) is 7.87. The maximum atomic E-state index is 13.8. The maximum absolute atomic E-state index is 13.8. The number of carbonyl (C=O) groups is 1. The van der Waals surface area contributed by atoms with Gasteiger partial charge in [0.25, 0.3) is 5.91 Å². The lowest BCUT2D eigenvalue weighted by atomic mass is 9.85. The van der Waals surface area contributed by atoms with Crippen LogP contribution < -0.4 is 10.6 Å². The molecule has 4 rings (SSSR count). The number of nitrogens with zero attached hydrogens (tertiary/aromatic N) is 2. The van der Waals surface area contributed by atoms with Gasteiger partial charge in [0.15, 0.2) is 11.6 Å². The van der Waals surface area contributed by atoms with Gasteiger partial charge in [0.1, 0.15) is 0 Å². The molecule has 8 heteroatoms. The van der Waals surface area contributed by atoms with Gasteiger partial charge in [-0.1, -0.05) is 26.0 Å². The predicted molar refractivity (Wildman–Crippen MR) is 128 cm³/mol. The fraction of sp³-hybridized carbons (Fsp3) is 0.360. The standard InChI is InChI=1S/C25H28F2N4O.ClH/c1-15(2)20-12-17(4-6-19(20)24-9-11-29-31(24)3)25(32)30-23-14-28-10-8-18(23)16-5-7-21(26)22(27)13-16;/h4-7,9,11-13,15,18,23,28H,8,10,14H2,1-3H3,(H,30,32);1H/t18-,23+;/m0./s1. The number of piperidine rings is 1. The third-order valence-corrected chi connectivity index (χ3v) is 6.20. The van der Waals surface area contributed by atoms with Crippen molar-refractivity contribution in [2.24, 2.45) is 7.05 Å². The minimum absolute atomic E-state index is 0. The first kappa shape index (κ1) is 24.9. The average Bonchev–Trinajstić information content (AvgIpc) is 3.21. The van der Waals surface area contributed by atoms with E-state index in [9.17, 15) is 13.6 Å². The minimum Gasteiger partial charge on any atom is -0.347 e. The van der Waals surface area contributed by atoms with Crippen LogP contribution in [0.4, 0.5) is 8.78 Å².